The Morgan fingerprint density at radius 1 is 1.44 bits per heavy atom. The second kappa shape index (κ2) is 5.58. The number of carboxylic acid groups (broad SMARTS) is 1. The summed E-state index contributed by atoms with van der Waals surface area (Å²) in [5.41, 5.74) is 0.619. The van der Waals surface area contributed by atoms with Crippen molar-refractivity contribution in [1.29, 1.82) is 0 Å². The summed E-state index contributed by atoms with van der Waals surface area (Å²) in [5.74, 6) is -0.330. The van der Waals surface area contributed by atoms with E-state index in [0.29, 0.717) is 23.2 Å². The minimum atomic E-state index is -0.883. The van der Waals surface area contributed by atoms with Gasteiger partial charge in [0.15, 0.2) is 11.0 Å². The Morgan fingerprint density at radius 3 is 2.89 bits per heavy atom. The first kappa shape index (κ1) is 12.5. The van der Waals surface area contributed by atoms with Crippen LogP contribution in [0, 0.1) is 0 Å². The average Bonchev–Trinajstić information content (AvgIpc) is 2.80. The van der Waals surface area contributed by atoms with Gasteiger partial charge >= 0.3 is 5.97 Å². The monoisotopic (exact) mass is 265 g/mol. The van der Waals surface area contributed by atoms with E-state index in [1.807, 2.05) is 11.5 Å². The molecule has 0 bridgehead atoms. The zero-order chi connectivity index (χ0) is 13.0. The lowest BCUT2D eigenvalue weighted by Crippen LogP contribution is -2.03. The molecule has 0 fully saturated rings. The quantitative estimate of drug-likeness (QED) is 0.804. The standard InChI is InChI=1S/C10H11N5O2S/c1-2-15-9(7-5-11-3-4-12-7)13-14-10(15)18-6-8(16)17/h3-5H,2,6H2,1H3,(H,16,17). The van der Waals surface area contributed by atoms with Crippen molar-refractivity contribution in [2.24, 2.45) is 0 Å². The van der Waals surface area contributed by atoms with E-state index in [9.17, 15) is 4.79 Å². The van der Waals surface area contributed by atoms with Crippen LogP contribution < -0.4 is 0 Å². The third-order valence-corrected chi connectivity index (χ3v) is 3.10. The van der Waals surface area contributed by atoms with Gasteiger partial charge in [-0.3, -0.25) is 9.78 Å². The van der Waals surface area contributed by atoms with Crippen LogP contribution in [0.2, 0.25) is 0 Å². The van der Waals surface area contributed by atoms with E-state index in [-0.39, 0.29) is 5.75 Å². The predicted molar refractivity (Wildman–Crippen MR) is 65.1 cm³/mol. The van der Waals surface area contributed by atoms with Crippen molar-refractivity contribution in [1.82, 2.24) is 24.7 Å². The molecule has 18 heavy (non-hydrogen) atoms. The number of hydrogen-bond acceptors (Lipinski definition) is 6. The van der Waals surface area contributed by atoms with Gasteiger partial charge in [0.1, 0.15) is 5.69 Å². The van der Waals surface area contributed by atoms with Crippen LogP contribution in [0.4, 0.5) is 0 Å². The first-order valence-corrected chi connectivity index (χ1v) is 6.25. The van der Waals surface area contributed by atoms with Crippen LogP contribution >= 0.6 is 11.8 Å². The zero-order valence-corrected chi connectivity index (χ0v) is 10.5. The first-order valence-electron chi connectivity index (χ1n) is 5.26. The number of thioether (sulfide) groups is 1. The van der Waals surface area contributed by atoms with Crippen LogP contribution in [0.15, 0.2) is 23.7 Å². The molecule has 2 aromatic rings. The lowest BCUT2D eigenvalue weighted by Gasteiger charge is -2.05. The summed E-state index contributed by atoms with van der Waals surface area (Å²) in [5, 5.41) is 17.2. The van der Waals surface area contributed by atoms with Gasteiger partial charge in [-0.25, -0.2) is 4.98 Å². The number of aliphatic carboxylic acids is 1. The molecule has 0 saturated carbocycles. The summed E-state index contributed by atoms with van der Waals surface area (Å²) >= 11 is 1.14. The number of carboxylic acids is 1. The van der Waals surface area contributed by atoms with Crippen molar-refractivity contribution >= 4 is 17.7 Å². The van der Waals surface area contributed by atoms with Gasteiger partial charge in [0.25, 0.3) is 0 Å². The first-order chi connectivity index (χ1) is 8.72. The molecule has 94 valence electrons. The maximum Gasteiger partial charge on any atom is 0.313 e. The van der Waals surface area contributed by atoms with Gasteiger partial charge in [0, 0.05) is 18.9 Å². The van der Waals surface area contributed by atoms with Gasteiger partial charge in [0.2, 0.25) is 0 Å². The fourth-order valence-corrected chi connectivity index (χ4v) is 2.13. The van der Waals surface area contributed by atoms with Crippen molar-refractivity contribution in [3.8, 4) is 11.5 Å². The van der Waals surface area contributed by atoms with Gasteiger partial charge in [-0.15, -0.1) is 10.2 Å². The molecule has 0 spiro atoms. The Kier molecular flexibility index (Phi) is 3.88. The molecule has 0 aliphatic heterocycles. The summed E-state index contributed by atoms with van der Waals surface area (Å²) in [6.07, 6.45) is 4.76. The second-order valence-corrected chi connectivity index (χ2v) is 4.27. The smallest absolute Gasteiger partial charge is 0.313 e. The van der Waals surface area contributed by atoms with Crippen LogP contribution in [-0.2, 0) is 11.3 Å². The third kappa shape index (κ3) is 2.65. The van der Waals surface area contributed by atoms with Gasteiger partial charge < -0.3 is 9.67 Å². The minimum absolute atomic E-state index is 0.0431. The normalized spacial score (nSPS) is 10.5. The van der Waals surface area contributed by atoms with E-state index < -0.39 is 5.97 Å². The van der Waals surface area contributed by atoms with Crippen LogP contribution in [0.5, 0.6) is 0 Å². The van der Waals surface area contributed by atoms with E-state index in [2.05, 4.69) is 20.2 Å². The molecule has 0 radical (unpaired) electrons. The predicted octanol–water partition coefficient (Wildman–Crippen LogP) is 0.932. The largest absolute Gasteiger partial charge is 0.481 e. The maximum atomic E-state index is 10.5. The molecule has 2 aromatic heterocycles. The summed E-state index contributed by atoms with van der Waals surface area (Å²) in [6.45, 7) is 2.58. The highest BCUT2D eigenvalue weighted by atomic mass is 32.2. The average molecular weight is 265 g/mol. The van der Waals surface area contributed by atoms with Crippen LogP contribution in [0.25, 0.3) is 11.5 Å². The summed E-state index contributed by atoms with van der Waals surface area (Å²) in [6, 6.07) is 0. The van der Waals surface area contributed by atoms with Gasteiger partial charge in [0.05, 0.1) is 11.9 Å². The Bertz CT molecular complexity index is 542. The van der Waals surface area contributed by atoms with Crippen LogP contribution in [-0.4, -0.2) is 41.6 Å². The molecule has 8 heteroatoms. The lowest BCUT2D eigenvalue weighted by molar-refractivity contribution is -0.133. The van der Waals surface area contributed by atoms with E-state index in [1.54, 1.807) is 18.6 Å². The van der Waals surface area contributed by atoms with Gasteiger partial charge in [-0.05, 0) is 6.92 Å². The molecule has 2 heterocycles. The van der Waals surface area contributed by atoms with Crippen molar-refractivity contribution in [2.45, 2.75) is 18.6 Å². The summed E-state index contributed by atoms with van der Waals surface area (Å²) in [4.78, 5) is 18.7. The van der Waals surface area contributed by atoms with Gasteiger partial charge in [-0.1, -0.05) is 11.8 Å². The van der Waals surface area contributed by atoms with Gasteiger partial charge in [-0.2, -0.15) is 0 Å². The molecule has 0 atom stereocenters. The maximum absolute atomic E-state index is 10.5. The molecular formula is C10H11N5O2S. The molecule has 0 unspecified atom stereocenters. The van der Waals surface area contributed by atoms with Crippen molar-refractivity contribution in [3.05, 3.63) is 18.6 Å². The van der Waals surface area contributed by atoms with Crippen LogP contribution in [0.1, 0.15) is 6.92 Å². The molecule has 0 aromatic carbocycles. The van der Waals surface area contributed by atoms with E-state index in [4.69, 9.17) is 5.11 Å². The molecule has 2 rings (SSSR count). The topological polar surface area (TPSA) is 93.8 Å². The van der Waals surface area contributed by atoms with Crippen molar-refractivity contribution in [3.63, 3.8) is 0 Å². The number of nitrogens with zero attached hydrogens (tertiary/aromatic N) is 5. The van der Waals surface area contributed by atoms with Crippen LogP contribution in [0.3, 0.4) is 0 Å². The molecule has 0 amide bonds. The van der Waals surface area contributed by atoms with E-state index >= 15 is 0 Å². The highest BCUT2D eigenvalue weighted by molar-refractivity contribution is 7.99. The molecule has 7 nitrogen and oxygen atoms in total. The molecular weight excluding hydrogens is 254 g/mol. The molecule has 1 N–H and O–H groups in total. The highest BCUT2D eigenvalue weighted by Gasteiger charge is 2.14. The van der Waals surface area contributed by atoms with E-state index in [0.717, 1.165) is 11.8 Å². The number of aromatic nitrogens is 5. The molecule has 0 aliphatic carbocycles. The fraction of sp³-hybridized carbons (Fsp3) is 0.300. The number of hydrogen-bond donors (Lipinski definition) is 1. The van der Waals surface area contributed by atoms with E-state index in [1.165, 1.54) is 0 Å². The minimum Gasteiger partial charge on any atom is -0.481 e. The summed E-state index contributed by atoms with van der Waals surface area (Å²) < 4.78 is 1.82. The summed E-state index contributed by atoms with van der Waals surface area (Å²) in [7, 11) is 0. The molecule has 0 saturated heterocycles. The second-order valence-electron chi connectivity index (χ2n) is 3.32. The zero-order valence-electron chi connectivity index (χ0n) is 9.65. The van der Waals surface area contributed by atoms with Crippen molar-refractivity contribution < 1.29 is 9.90 Å². The third-order valence-electron chi connectivity index (χ3n) is 2.15. The SMILES string of the molecule is CCn1c(SCC(=O)O)nnc1-c1cnccn1. The number of rotatable bonds is 5. The molecule has 0 aliphatic rings. The number of carbonyl (C=O) groups is 1. The lowest BCUT2D eigenvalue weighted by atomic mass is 10.4. The Morgan fingerprint density at radius 2 is 2.28 bits per heavy atom. The Hall–Kier alpha value is -1.96. The van der Waals surface area contributed by atoms with Crippen molar-refractivity contribution in [2.75, 3.05) is 5.75 Å². The fourth-order valence-electron chi connectivity index (χ4n) is 1.41. The highest BCUT2D eigenvalue weighted by Crippen LogP contribution is 2.21. The Balaban J connectivity index is 2.30. The Labute approximate surface area is 107 Å².